The van der Waals surface area contributed by atoms with Gasteiger partial charge in [0.05, 0.1) is 39.6 Å². The predicted octanol–water partition coefficient (Wildman–Crippen LogP) is 2.20. The molecule has 0 aromatic carbocycles. The van der Waals surface area contributed by atoms with Crippen LogP contribution >= 0.6 is 0 Å². The lowest BCUT2D eigenvalue weighted by molar-refractivity contribution is 0.00914. The molecule has 0 rings (SSSR count). The summed E-state index contributed by atoms with van der Waals surface area (Å²) in [6.45, 7) is 16.4. The van der Waals surface area contributed by atoms with E-state index < -0.39 is 8.80 Å². The van der Waals surface area contributed by atoms with Gasteiger partial charge in [-0.15, -0.1) is 0 Å². The molecular weight excluding hydrogens is 304 g/mol. The molecule has 132 valence electrons. The molecule has 0 aliphatic rings. The van der Waals surface area contributed by atoms with E-state index >= 15 is 0 Å². The van der Waals surface area contributed by atoms with E-state index in [0.717, 1.165) is 5.20 Å². The summed E-state index contributed by atoms with van der Waals surface area (Å²) in [4.78, 5) is 0. The van der Waals surface area contributed by atoms with Crippen molar-refractivity contribution in [3.63, 3.8) is 0 Å². The summed E-state index contributed by atoms with van der Waals surface area (Å²) in [7, 11) is -2.96. The van der Waals surface area contributed by atoms with Crippen LogP contribution in [0.25, 0.3) is 0 Å². The van der Waals surface area contributed by atoms with Crippen LogP contribution in [0, 0.1) is 0 Å². The summed E-state index contributed by atoms with van der Waals surface area (Å²) in [5.41, 5.74) is 0. The maximum absolute atomic E-state index is 5.91. The number of ether oxygens (including phenoxy) is 3. The van der Waals surface area contributed by atoms with Crippen LogP contribution in [-0.4, -0.2) is 68.3 Å². The molecule has 7 heteroatoms. The van der Waals surface area contributed by atoms with Crippen molar-refractivity contribution in [2.45, 2.75) is 27.7 Å². The van der Waals surface area contributed by atoms with Crippen molar-refractivity contribution < 1.29 is 27.5 Å². The number of hydrogen-bond donors (Lipinski definition) is 0. The van der Waals surface area contributed by atoms with Gasteiger partial charge in [-0.3, -0.25) is 0 Å². The van der Waals surface area contributed by atoms with E-state index in [0.29, 0.717) is 59.5 Å². The van der Waals surface area contributed by atoms with Crippen molar-refractivity contribution in [1.82, 2.24) is 0 Å². The molecule has 0 atom stereocenters. The first kappa shape index (κ1) is 21.7. The molecule has 0 radical (unpaired) electrons. The van der Waals surface area contributed by atoms with Crippen molar-refractivity contribution in [3.05, 3.63) is 11.8 Å². The monoisotopic (exact) mass is 336 g/mol. The number of allylic oxidation sites excluding steroid dienone is 1. The fraction of sp³-hybridized carbons (Fsp3) is 0.867. The maximum Gasteiger partial charge on any atom is 0.532 e. The summed E-state index contributed by atoms with van der Waals surface area (Å²) in [5.74, 6) is 0. The Morgan fingerprint density at radius 3 is 1.23 bits per heavy atom. The molecule has 0 N–H and O–H groups in total. The Bertz CT molecular complexity index is 243. The molecule has 0 saturated carbocycles. The molecule has 22 heavy (non-hydrogen) atoms. The average molecular weight is 337 g/mol. The van der Waals surface area contributed by atoms with Crippen molar-refractivity contribution in [2.75, 3.05) is 59.5 Å². The summed E-state index contributed by atoms with van der Waals surface area (Å²) in [6.07, 6.45) is 0. The van der Waals surface area contributed by atoms with E-state index in [4.69, 9.17) is 27.5 Å². The van der Waals surface area contributed by atoms with Gasteiger partial charge in [0.15, 0.2) is 0 Å². The Morgan fingerprint density at radius 2 is 1.00 bits per heavy atom. The number of rotatable bonds is 16. The highest BCUT2D eigenvalue weighted by Gasteiger charge is 2.43. The van der Waals surface area contributed by atoms with Gasteiger partial charge in [0.1, 0.15) is 0 Å². The average Bonchev–Trinajstić information content (AvgIpc) is 2.51. The van der Waals surface area contributed by atoms with Crippen LogP contribution in [0.2, 0.25) is 0 Å². The maximum atomic E-state index is 5.91. The molecule has 0 unspecified atom stereocenters. The molecule has 0 bridgehead atoms. The van der Waals surface area contributed by atoms with Crippen LogP contribution < -0.4 is 0 Å². The summed E-state index contributed by atoms with van der Waals surface area (Å²) >= 11 is 0. The van der Waals surface area contributed by atoms with Crippen molar-refractivity contribution in [3.8, 4) is 0 Å². The second-order valence-corrected chi connectivity index (χ2v) is 7.30. The van der Waals surface area contributed by atoms with E-state index in [2.05, 4.69) is 6.58 Å². The highest BCUT2D eigenvalue weighted by Crippen LogP contribution is 2.18. The van der Waals surface area contributed by atoms with Crippen LogP contribution in [0.3, 0.4) is 0 Å². The zero-order valence-electron chi connectivity index (χ0n) is 14.5. The Kier molecular flexibility index (Phi) is 14.1. The van der Waals surface area contributed by atoms with Crippen LogP contribution in [0.15, 0.2) is 11.8 Å². The van der Waals surface area contributed by atoms with E-state index in [-0.39, 0.29) is 0 Å². The second kappa shape index (κ2) is 14.3. The third-order valence-corrected chi connectivity index (χ3v) is 5.49. The predicted molar refractivity (Wildman–Crippen MR) is 87.9 cm³/mol. The molecule has 0 aliphatic heterocycles. The molecule has 0 heterocycles. The van der Waals surface area contributed by atoms with Crippen LogP contribution in [-0.2, 0) is 27.5 Å². The molecular formula is C15H32O6Si. The Morgan fingerprint density at radius 1 is 0.682 bits per heavy atom. The van der Waals surface area contributed by atoms with Gasteiger partial charge < -0.3 is 27.5 Å². The van der Waals surface area contributed by atoms with E-state index in [9.17, 15) is 0 Å². The largest absolute Gasteiger partial charge is 0.532 e. The first-order valence-electron chi connectivity index (χ1n) is 7.94. The van der Waals surface area contributed by atoms with Gasteiger partial charge in [0.2, 0.25) is 0 Å². The van der Waals surface area contributed by atoms with Crippen molar-refractivity contribution >= 4 is 8.80 Å². The van der Waals surface area contributed by atoms with Gasteiger partial charge in [-0.25, -0.2) is 0 Å². The fourth-order valence-electron chi connectivity index (χ4n) is 1.63. The van der Waals surface area contributed by atoms with Crippen LogP contribution in [0.1, 0.15) is 27.7 Å². The molecule has 0 aromatic heterocycles. The smallest absolute Gasteiger partial charge is 0.379 e. The van der Waals surface area contributed by atoms with Crippen LogP contribution in [0.4, 0.5) is 0 Å². The van der Waals surface area contributed by atoms with Crippen molar-refractivity contribution in [2.24, 2.45) is 0 Å². The Balaban J connectivity index is 4.51. The first-order chi connectivity index (χ1) is 10.6. The third kappa shape index (κ3) is 9.68. The molecule has 0 saturated heterocycles. The summed E-state index contributed by atoms with van der Waals surface area (Å²) in [5, 5.41) is 0.775. The van der Waals surface area contributed by atoms with Gasteiger partial charge in [-0.1, -0.05) is 6.58 Å². The second-order valence-electron chi connectivity index (χ2n) is 4.47. The van der Waals surface area contributed by atoms with E-state index in [1.807, 2.05) is 27.7 Å². The highest BCUT2D eigenvalue weighted by atomic mass is 28.4. The van der Waals surface area contributed by atoms with Gasteiger partial charge in [-0.2, -0.15) is 0 Å². The minimum atomic E-state index is -2.96. The first-order valence-corrected chi connectivity index (χ1v) is 9.66. The lowest BCUT2D eigenvalue weighted by Gasteiger charge is -2.30. The quantitative estimate of drug-likeness (QED) is 0.318. The lowest BCUT2D eigenvalue weighted by Crippen LogP contribution is -2.49. The van der Waals surface area contributed by atoms with Gasteiger partial charge >= 0.3 is 8.80 Å². The zero-order chi connectivity index (χ0) is 16.7. The Hall–Kier alpha value is -0.283. The SMILES string of the molecule is C=C(C)[Si](OCCOCC)(OCCOCC)OCCOCC. The molecule has 6 nitrogen and oxygen atoms in total. The van der Waals surface area contributed by atoms with Gasteiger partial charge in [0.25, 0.3) is 0 Å². The Labute approximate surface area is 136 Å². The summed E-state index contributed by atoms with van der Waals surface area (Å²) in [6, 6.07) is 0. The molecule has 0 aromatic rings. The topological polar surface area (TPSA) is 55.4 Å². The molecule has 0 fully saturated rings. The van der Waals surface area contributed by atoms with Gasteiger partial charge in [-0.05, 0) is 32.9 Å². The fourth-order valence-corrected chi connectivity index (χ4v) is 3.68. The standard InChI is InChI=1S/C15H32O6Si/c1-6-16-9-12-19-22(15(4)5,20-13-10-17-7-2)21-14-11-18-8-3/h4,6-14H2,1-3,5H3. The minimum Gasteiger partial charge on any atom is -0.379 e. The normalized spacial score (nSPS) is 11.8. The molecule has 0 amide bonds. The molecule has 0 aliphatic carbocycles. The highest BCUT2D eigenvalue weighted by molar-refractivity contribution is 6.68. The van der Waals surface area contributed by atoms with E-state index in [1.54, 1.807) is 0 Å². The van der Waals surface area contributed by atoms with Crippen molar-refractivity contribution in [1.29, 1.82) is 0 Å². The zero-order valence-corrected chi connectivity index (χ0v) is 15.5. The number of hydrogen-bond acceptors (Lipinski definition) is 6. The lowest BCUT2D eigenvalue weighted by atomic mass is 10.7. The minimum absolute atomic E-state index is 0.413. The van der Waals surface area contributed by atoms with Gasteiger partial charge in [0, 0.05) is 19.8 Å². The molecule has 0 spiro atoms. The van der Waals surface area contributed by atoms with Crippen LogP contribution in [0.5, 0.6) is 0 Å². The third-order valence-electron chi connectivity index (χ3n) is 2.69. The summed E-state index contributed by atoms with van der Waals surface area (Å²) < 4.78 is 33.6. The van der Waals surface area contributed by atoms with E-state index in [1.165, 1.54) is 0 Å².